The van der Waals surface area contributed by atoms with Gasteiger partial charge in [0.15, 0.2) is 0 Å². The van der Waals surface area contributed by atoms with Gasteiger partial charge in [0.2, 0.25) is 5.91 Å². The molecule has 0 spiro atoms. The van der Waals surface area contributed by atoms with Crippen molar-refractivity contribution in [1.82, 2.24) is 0 Å². The highest BCUT2D eigenvalue weighted by Gasteiger charge is 2.10. The van der Waals surface area contributed by atoms with Crippen LogP contribution in [0.25, 0.3) is 6.08 Å². The fourth-order valence-corrected chi connectivity index (χ4v) is 2.37. The molecule has 108 valence electrons. The van der Waals surface area contributed by atoms with Gasteiger partial charge in [-0.3, -0.25) is 4.79 Å². The van der Waals surface area contributed by atoms with E-state index in [0.717, 1.165) is 4.88 Å². The highest BCUT2D eigenvalue weighted by Crippen LogP contribution is 2.23. The second-order valence-corrected chi connectivity index (χ2v) is 5.41. The van der Waals surface area contributed by atoms with E-state index < -0.39 is 5.97 Å². The molecule has 0 atom stereocenters. The molecule has 0 saturated heterocycles. The summed E-state index contributed by atoms with van der Waals surface area (Å²) in [4.78, 5) is 24.3. The van der Waals surface area contributed by atoms with E-state index in [4.69, 9.17) is 11.6 Å². The molecule has 1 heterocycles. The average Bonchev–Trinajstić information content (AvgIpc) is 3.00. The smallest absolute Gasteiger partial charge is 0.337 e. The molecular weight excluding hydrogens is 310 g/mol. The average molecular weight is 322 g/mol. The number of halogens is 1. The molecule has 1 aromatic heterocycles. The molecule has 0 unspecified atom stereocenters. The maximum Gasteiger partial charge on any atom is 0.337 e. The normalized spacial score (nSPS) is 10.6. The summed E-state index contributed by atoms with van der Waals surface area (Å²) < 4.78 is 4.63. The van der Waals surface area contributed by atoms with E-state index in [-0.39, 0.29) is 5.91 Å². The molecule has 0 saturated carbocycles. The van der Waals surface area contributed by atoms with Gasteiger partial charge >= 0.3 is 5.97 Å². The van der Waals surface area contributed by atoms with E-state index in [1.165, 1.54) is 42.7 Å². The Morgan fingerprint density at radius 2 is 2.14 bits per heavy atom. The van der Waals surface area contributed by atoms with Gasteiger partial charge in [0.25, 0.3) is 0 Å². The molecule has 0 radical (unpaired) electrons. The first-order valence-corrected chi connectivity index (χ1v) is 7.26. The first-order valence-electron chi connectivity index (χ1n) is 6.00. The van der Waals surface area contributed by atoms with Crippen molar-refractivity contribution in [2.75, 3.05) is 12.4 Å². The molecule has 1 N–H and O–H groups in total. The van der Waals surface area contributed by atoms with E-state index in [1.807, 2.05) is 17.5 Å². The third-order valence-corrected chi connectivity index (χ3v) is 3.75. The number of hydrogen-bond donors (Lipinski definition) is 1. The molecule has 0 fully saturated rings. The molecule has 0 aliphatic rings. The topological polar surface area (TPSA) is 55.4 Å². The zero-order chi connectivity index (χ0) is 15.2. The number of amides is 1. The van der Waals surface area contributed by atoms with Gasteiger partial charge in [-0.25, -0.2) is 4.79 Å². The van der Waals surface area contributed by atoms with Gasteiger partial charge < -0.3 is 10.1 Å². The zero-order valence-electron chi connectivity index (χ0n) is 11.1. The maximum absolute atomic E-state index is 11.8. The van der Waals surface area contributed by atoms with E-state index in [2.05, 4.69) is 10.1 Å². The van der Waals surface area contributed by atoms with Crippen molar-refractivity contribution in [2.45, 2.75) is 0 Å². The standard InChI is InChI=1S/C15H12ClNO3S/c1-20-15(19)10-4-6-12(16)13(9-10)17-14(18)7-5-11-3-2-8-21-11/h2-9H,1H3,(H,17,18). The summed E-state index contributed by atoms with van der Waals surface area (Å²) in [6.45, 7) is 0. The lowest BCUT2D eigenvalue weighted by atomic mass is 10.2. The Labute approximate surface area is 131 Å². The quantitative estimate of drug-likeness (QED) is 0.687. The lowest BCUT2D eigenvalue weighted by molar-refractivity contribution is -0.111. The van der Waals surface area contributed by atoms with Gasteiger partial charge in [0.05, 0.1) is 23.4 Å². The summed E-state index contributed by atoms with van der Waals surface area (Å²) in [7, 11) is 1.29. The Balaban J connectivity index is 2.11. The van der Waals surface area contributed by atoms with E-state index in [1.54, 1.807) is 6.08 Å². The number of nitrogens with one attached hydrogen (secondary N) is 1. The Morgan fingerprint density at radius 1 is 1.33 bits per heavy atom. The highest BCUT2D eigenvalue weighted by atomic mass is 35.5. The molecule has 0 aliphatic carbocycles. The van der Waals surface area contributed by atoms with E-state index >= 15 is 0 Å². The van der Waals surface area contributed by atoms with Gasteiger partial charge in [-0.2, -0.15) is 0 Å². The molecule has 4 nitrogen and oxygen atoms in total. The van der Waals surface area contributed by atoms with Crippen molar-refractivity contribution in [3.05, 3.63) is 57.3 Å². The van der Waals surface area contributed by atoms with Crippen LogP contribution in [0.3, 0.4) is 0 Å². The van der Waals surface area contributed by atoms with Crippen LogP contribution in [-0.2, 0) is 9.53 Å². The van der Waals surface area contributed by atoms with Crippen molar-refractivity contribution < 1.29 is 14.3 Å². The van der Waals surface area contributed by atoms with Crippen LogP contribution in [0.5, 0.6) is 0 Å². The molecule has 0 bridgehead atoms. The number of rotatable bonds is 4. The zero-order valence-corrected chi connectivity index (χ0v) is 12.7. The maximum atomic E-state index is 11.8. The van der Waals surface area contributed by atoms with Crippen molar-refractivity contribution in [3.8, 4) is 0 Å². The van der Waals surface area contributed by atoms with Crippen LogP contribution in [0, 0.1) is 0 Å². The van der Waals surface area contributed by atoms with Crippen molar-refractivity contribution in [1.29, 1.82) is 0 Å². The van der Waals surface area contributed by atoms with Gasteiger partial charge in [-0.05, 0) is 35.7 Å². The van der Waals surface area contributed by atoms with Crippen LogP contribution < -0.4 is 5.32 Å². The lowest BCUT2D eigenvalue weighted by Crippen LogP contribution is -2.09. The number of thiophene rings is 1. The monoisotopic (exact) mass is 321 g/mol. The third-order valence-electron chi connectivity index (χ3n) is 2.59. The second kappa shape index (κ2) is 7.06. The molecular formula is C15H12ClNO3S. The molecule has 21 heavy (non-hydrogen) atoms. The molecule has 1 aromatic carbocycles. The molecule has 0 aliphatic heterocycles. The highest BCUT2D eigenvalue weighted by molar-refractivity contribution is 7.10. The summed E-state index contributed by atoms with van der Waals surface area (Å²) in [5.41, 5.74) is 0.680. The third kappa shape index (κ3) is 4.18. The Kier molecular flexibility index (Phi) is 5.14. The Morgan fingerprint density at radius 3 is 2.81 bits per heavy atom. The van der Waals surface area contributed by atoms with Crippen LogP contribution >= 0.6 is 22.9 Å². The fourth-order valence-electron chi connectivity index (χ4n) is 1.58. The fraction of sp³-hybridized carbons (Fsp3) is 0.0667. The number of hydrogen-bond acceptors (Lipinski definition) is 4. The van der Waals surface area contributed by atoms with Gasteiger partial charge in [-0.15, -0.1) is 11.3 Å². The number of benzene rings is 1. The summed E-state index contributed by atoms with van der Waals surface area (Å²) in [6, 6.07) is 8.35. The summed E-state index contributed by atoms with van der Waals surface area (Å²) in [6.07, 6.45) is 3.12. The number of esters is 1. The van der Waals surface area contributed by atoms with Crippen LogP contribution in [0.15, 0.2) is 41.8 Å². The lowest BCUT2D eigenvalue weighted by Gasteiger charge is -2.07. The van der Waals surface area contributed by atoms with Crippen molar-refractivity contribution in [2.24, 2.45) is 0 Å². The number of ether oxygens (including phenoxy) is 1. The van der Waals surface area contributed by atoms with Crippen LogP contribution in [-0.4, -0.2) is 19.0 Å². The summed E-state index contributed by atoms with van der Waals surface area (Å²) in [5, 5.41) is 4.90. The van der Waals surface area contributed by atoms with Crippen molar-refractivity contribution in [3.63, 3.8) is 0 Å². The minimum Gasteiger partial charge on any atom is -0.465 e. The molecule has 2 aromatic rings. The van der Waals surface area contributed by atoms with Gasteiger partial charge in [0, 0.05) is 11.0 Å². The summed E-state index contributed by atoms with van der Waals surface area (Å²) >= 11 is 7.53. The predicted octanol–water partition coefficient (Wildman–Crippen LogP) is 3.84. The van der Waals surface area contributed by atoms with Crippen LogP contribution in [0.2, 0.25) is 5.02 Å². The molecule has 2 rings (SSSR count). The van der Waals surface area contributed by atoms with Crippen LogP contribution in [0.1, 0.15) is 15.2 Å². The predicted molar refractivity (Wildman–Crippen MR) is 84.8 cm³/mol. The molecule has 6 heteroatoms. The van der Waals surface area contributed by atoms with Gasteiger partial charge in [-0.1, -0.05) is 17.7 Å². The van der Waals surface area contributed by atoms with Crippen molar-refractivity contribution >= 4 is 46.6 Å². The molecule has 1 amide bonds. The van der Waals surface area contributed by atoms with E-state index in [0.29, 0.717) is 16.3 Å². The van der Waals surface area contributed by atoms with Gasteiger partial charge in [0.1, 0.15) is 0 Å². The minimum absolute atomic E-state index is 0.319. The van der Waals surface area contributed by atoms with Crippen LogP contribution in [0.4, 0.5) is 5.69 Å². The minimum atomic E-state index is -0.490. The van der Waals surface area contributed by atoms with E-state index in [9.17, 15) is 9.59 Å². The SMILES string of the molecule is COC(=O)c1ccc(Cl)c(NC(=O)C=Cc2cccs2)c1. The largest absolute Gasteiger partial charge is 0.465 e. The number of carbonyl (C=O) groups excluding carboxylic acids is 2. The second-order valence-electron chi connectivity index (χ2n) is 4.02. The first kappa shape index (κ1) is 15.3. The Bertz CT molecular complexity index is 680. The summed E-state index contributed by atoms with van der Waals surface area (Å²) in [5.74, 6) is -0.816. The number of anilines is 1. The Hall–Kier alpha value is -2.11. The number of methoxy groups -OCH3 is 1. The number of carbonyl (C=O) groups is 2. The first-order chi connectivity index (χ1) is 10.1.